The van der Waals surface area contributed by atoms with Crippen molar-refractivity contribution in [2.45, 2.75) is 11.8 Å². The monoisotopic (exact) mass is 406 g/mol. The van der Waals surface area contributed by atoms with Gasteiger partial charge < -0.3 is 14.4 Å². The lowest BCUT2D eigenvalue weighted by atomic mass is 10.1. The maximum atomic E-state index is 12.6. The molecule has 1 heterocycles. The first-order valence-corrected chi connectivity index (χ1v) is 9.67. The lowest BCUT2D eigenvalue weighted by Gasteiger charge is -2.24. The molecule has 8 nitrogen and oxygen atoms in total. The van der Waals surface area contributed by atoms with Crippen LogP contribution in [0.15, 0.2) is 58.8 Å². The van der Waals surface area contributed by atoms with E-state index in [1.165, 1.54) is 51.6 Å². The lowest BCUT2D eigenvalue weighted by Crippen LogP contribution is -2.28. The number of hydrogen-bond acceptors (Lipinski definition) is 7. The highest BCUT2D eigenvalue weighted by Crippen LogP contribution is 2.30. The number of anilines is 1. The number of rotatable bonds is 5. The Bertz CT molecular complexity index is 990. The van der Waals surface area contributed by atoms with Gasteiger partial charge in [-0.25, -0.2) is 22.3 Å². The second-order valence-electron chi connectivity index (χ2n) is 6.05. The van der Waals surface area contributed by atoms with Crippen LogP contribution in [0.1, 0.15) is 5.56 Å². The number of sulfonamides is 1. The molecule has 1 aromatic rings. The molecule has 0 bridgehead atoms. The molecule has 0 unspecified atom stereocenters. The van der Waals surface area contributed by atoms with Crippen LogP contribution in [-0.4, -0.2) is 53.0 Å². The van der Waals surface area contributed by atoms with Gasteiger partial charge in [0.25, 0.3) is 0 Å². The Kier molecular flexibility index (Phi) is 6.42. The molecule has 0 saturated heterocycles. The maximum Gasteiger partial charge on any atom is 0.355 e. The first kappa shape index (κ1) is 21.4. The number of ether oxygens (including phenoxy) is 2. The number of nitrogens with zero attached hydrogens (tertiary/aromatic N) is 2. The number of carbonyl (C=O) groups is 2. The van der Waals surface area contributed by atoms with Crippen molar-refractivity contribution in [3.05, 3.63) is 59.5 Å². The van der Waals surface area contributed by atoms with Crippen LogP contribution in [0.5, 0.6) is 0 Å². The van der Waals surface area contributed by atoms with Gasteiger partial charge in [0.2, 0.25) is 10.0 Å². The molecule has 0 aliphatic carbocycles. The van der Waals surface area contributed by atoms with Crippen LogP contribution in [-0.2, 0) is 29.1 Å². The standard InChI is InChI=1S/C19H22N2O6S/c1-13-9-10-14(12-16(13)28(24,25)20(2)3)21-11-7-6-8-15(18(22)26-4)17(21)19(23)27-5/h6-12H,1-5H3. The van der Waals surface area contributed by atoms with Crippen molar-refractivity contribution in [1.29, 1.82) is 0 Å². The Labute approximate surface area is 164 Å². The van der Waals surface area contributed by atoms with Gasteiger partial charge in [-0.1, -0.05) is 12.1 Å². The normalized spacial score (nSPS) is 14.3. The molecule has 9 heteroatoms. The van der Waals surface area contributed by atoms with Gasteiger partial charge in [0.15, 0.2) is 0 Å². The molecule has 0 radical (unpaired) electrons. The van der Waals surface area contributed by atoms with E-state index >= 15 is 0 Å². The number of benzene rings is 1. The number of carbonyl (C=O) groups excluding carboxylic acids is 2. The zero-order valence-corrected chi connectivity index (χ0v) is 17.1. The topological polar surface area (TPSA) is 93.2 Å². The molecule has 1 aliphatic heterocycles. The zero-order valence-electron chi connectivity index (χ0n) is 16.3. The quantitative estimate of drug-likeness (QED) is 0.688. The smallest absolute Gasteiger partial charge is 0.355 e. The van der Waals surface area contributed by atoms with Crippen LogP contribution in [0.4, 0.5) is 5.69 Å². The van der Waals surface area contributed by atoms with E-state index in [2.05, 4.69) is 0 Å². The molecule has 1 aliphatic rings. The maximum absolute atomic E-state index is 12.6. The van der Waals surface area contributed by atoms with Crippen molar-refractivity contribution >= 4 is 27.6 Å². The van der Waals surface area contributed by atoms with Gasteiger partial charge in [-0.2, -0.15) is 0 Å². The van der Waals surface area contributed by atoms with Crippen molar-refractivity contribution < 1.29 is 27.5 Å². The minimum Gasteiger partial charge on any atom is -0.465 e. The average molecular weight is 406 g/mol. The Morgan fingerprint density at radius 1 is 1.04 bits per heavy atom. The number of esters is 2. The lowest BCUT2D eigenvalue weighted by molar-refractivity contribution is -0.139. The molecule has 28 heavy (non-hydrogen) atoms. The predicted octanol–water partition coefficient (Wildman–Crippen LogP) is 1.74. The Morgan fingerprint density at radius 3 is 2.25 bits per heavy atom. The van der Waals surface area contributed by atoms with Crippen molar-refractivity contribution in [3.63, 3.8) is 0 Å². The molecule has 2 rings (SSSR count). The van der Waals surface area contributed by atoms with Gasteiger partial charge >= 0.3 is 11.9 Å². The summed E-state index contributed by atoms with van der Waals surface area (Å²) in [7, 11) is 1.56. The summed E-state index contributed by atoms with van der Waals surface area (Å²) in [5.41, 5.74) is 0.812. The molecular formula is C19H22N2O6S. The van der Waals surface area contributed by atoms with Crippen LogP contribution >= 0.6 is 0 Å². The van der Waals surface area contributed by atoms with Gasteiger partial charge in [-0.15, -0.1) is 0 Å². The average Bonchev–Trinajstić information content (AvgIpc) is 2.89. The van der Waals surface area contributed by atoms with Crippen LogP contribution in [0.3, 0.4) is 0 Å². The molecule has 1 aromatic carbocycles. The van der Waals surface area contributed by atoms with Gasteiger partial charge in [0.05, 0.1) is 24.7 Å². The van der Waals surface area contributed by atoms with Crippen molar-refractivity contribution in [2.24, 2.45) is 0 Å². The van der Waals surface area contributed by atoms with E-state index in [0.29, 0.717) is 11.3 Å². The SMILES string of the molecule is COC(=O)C1=C(C(=O)OC)N(c2ccc(C)c(S(=O)(=O)N(C)C)c2)C=CC=C1. The van der Waals surface area contributed by atoms with E-state index < -0.39 is 22.0 Å². The van der Waals surface area contributed by atoms with Crippen LogP contribution in [0.2, 0.25) is 0 Å². The summed E-state index contributed by atoms with van der Waals surface area (Å²) in [6.07, 6.45) is 6.15. The van der Waals surface area contributed by atoms with Crippen molar-refractivity contribution in [1.82, 2.24) is 4.31 Å². The zero-order chi connectivity index (χ0) is 21.1. The summed E-state index contributed by atoms with van der Waals surface area (Å²) in [6, 6.07) is 4.72. The summed E-state index contributed by atoms with van der Waals surface area (Å²) in [6.45, 7) is 1.68. The predicted molar refractivity (Wildman–Crippen MR) is 104 cm³/mol. The van der Waals surface area contributed by atoms with Gasteiger partial charge in [0, 0.05) is 26.0 Å². The fourth-order valence-electron chi connectivity index (χ4n) is 2.58. The summed E-state index contributed by atoms with van der Waals surface area (Å²) in [5, 5.41) is 0. The Balaban J connectivity index is 2.74. The van der Waals surface area contributed by atoms with E-state index in [9.17, 15) is 18.0 Å². The van der Waals surface area contributed by atoms with Gasteiger partial charge in [0.1, 0.15) is 5.70 Å². The fraction of sp³-hybridized carbons (Fsp3) is 0.263. The number of aryl methyl sites for hydroxylation is 1. The molecule has 0 aromatic heterocycles. The van der Waals surface area contributed by atoms with Gasteiger partial charge in [-0.05, 0) is 36.8 Å². The summed E-state index contributed by atoms with van der Waals surface area (Å²) in [4.78, 5) is 26.2. The van der Waals surface area contributed by atoms with Crippen LogP contribution in [0, 0.1) is 6.92 Å². The summed E-state index contributed by atoms with van der Waals surface area (Å²) >= 11 is 0. The van der Waals surface area contributed by atoms with Gasteiger partial charge in [-0.3, -0.25) is 0 Å². The highest BCUT2D eigenvalue weighted by Gasteiger charge is 2.29. The number of methoxy groups -OCH3 is 2. The van der Waals surface area contributed by atoms with Crippen LogP contribution in [0.25, 0.3) is 0 Å². The highest BCUT2D eigenvalue weighted by molar-refractivity contribution is 7.89. The van der Waals surface area contributed by atoms with E-state index in [4.69, 9.17) is 9.47 Å². The molecular weight excluding hydrogens is 384 g/mol. The minimum absolute atomic E-state index is 0.0167. The molecule has 0 amide bonds. The Hall–Kier alpha value is -2.91. The van der Waals surface area contributed by atoms with Crippen molar-refractivity contribution in [2.75, 3.05) is 33.2 Å². The largest absolute Gasteiger partial charge is 0.465 e. The third kappa shape index (κ3) is 4.00. The second-order valence-corrected chi connectivity index (χ2v) is 8.17. The Morgan fingerprint density at radius 2 is 1.68 bits per heavy atom. The third-order valence-corrected chi connectivity index (χ3v) is 6.05. The number of allylic oxidation sites excluding steroid dienone is 2. The van der Waals surface area contributed by atoms with Crippen molar-refractivity contribution in [3.8, 4) is 0 Å². The van der Waals surface area contributed by atoms with E-state index in [1.54, 1.807) is 31.2 Å². The fourth-order valence-corrected chi connectivity index (χ4v) is 3.72. The molecule has 0 spiro atoms. The molecule has 0 fully saturated rings. The molecule has 0 atom stereocenters. The van der Waals surface area contributed by atoms with E-state index in [-0.39, 0.29) is 16.2 Å². The van der Waals surface area contributed by atoms with E-state index in [1.807, 2.05) is 0 Å². The second kappa shape index (κ2) is 8.41. The van der Waals surface area contributed by atoms with E-state index in [0.717, 1.165) is 4.31 Å². The summed E-state index contributed by atoms with van der Waals surface area (Å²) in [5.74, 6) is -1.49. The van der Waals surface area contributed by atoms with Crippen LogP contribution < -0.4 is 4.90 Å². The first-order valence-electron chi connectivity index (χ1n) is 8.23. The first-order chi connectivity index (χ1) is 13.1. The highest BCUT2D eigenvalue weighted by atomic mass is 32.2. The molecule has 150 valence electrons. The number of hydrogen-bond donors (Lipinski definition) is 0. The molecule has 0 N–H and O–H groups in total. The molecule has 0 saturated carbocycles. The summed E-state index contributed by atoms with van der Waals surface area (Å²) < 4.78 is 36.0. The minimum atomic E-state index is -3.71. The third-order valence-electron chi connectivity index (χ3n) is 4.10.